The van der Waals surface area contributed by atoms with E-state index in [1.54, 1.807) is 0 Å². The number of nitrogens with one attached hydrogen (secondary N) is 1. The molecule has 2 aromatic carbocycles. The first kappa shape index (κ1) is 17.6. The highest BCUT2D eigenvalue weighted by Gasteiger charge is 2.27. The van der Waals surface area contributed by atoms with Crippen molar-refractivity contribution in [3.05, 3.63) is 64.7 Å². The summed E-state index contributed by atoms with van der Waals surface area (Å²) in [6, 6.07) is 16.2. The van der Waals surface area contributed by atoms with Gasteiger partial charge in [0.25, 0.3) is 0 Å². The van der Waals surface area contributed by atoms with Gasteiger partial charge < -0.3 is 10.1 Å². The summed E-state index contributed by atoms with van der Waals surface area (Å²) in [4.78, 5) is 0. The summed E-state index contributed by atoms with van der Waals surface area (Å²) >= 11 is 0. The Labute approximate surface area is 158 Å². The minimum atomic E-state index is 0.493. The third-order valence-corrected chi connectivity index (χ3v) is 6.08. The van der Waals surface area contributed by atoms with Gasteiger partial charge in [-0.05, 0) is 66.3 Å². The topological polar surface area (TPSA) is 21.3 Å². The molecule has 2 aliphatic rings. The summed E-state index contributed by atoms with van der Waals surface area (Å²) in [5.74, 6) is 2.47. The van der Waals surface area contributed by atoms with Crippen LogP contribution in [-0.4, -0.2) is 13.2 Å². The second kappa shape index (κ2) is 7.84. The molecule has 0 saturated carbocycles. The lowest BCUT2D eigenvalue weighted by molar-refractivity contribution is 0.268. The molecule has 0 amide bonds. The van der Waals surface area contributed by atoms with Crippen LogP contribution in [0, 0.1) is 5.92 Å². The predicted molar refractivity (Wildman–Crippen MR) is 108 cm³/mol. The zero-order valence-corrected chi connectivity index (χ0v) is 16.1. The molecule has 1 saturated heterocycles. The van der Waals surface area contributed by atoms with Crippen molar-refractivity contribution < 1.29 is 4.74 Å². The van der Waals surface area contributed by atoms with E-state index >= 15 is 0 Å². The van der Waals surface area contributed by atoms with Crippen LogP contribution in [0.1, 0.15) is 67.3 Å². The Kier molecular flexibility index (Phi) is 5.31. The Morgan fingerprint density at radius 1 is 1.15 bits per heavy atom. The van der Waals surface area contributed by atoms with Crippen LogP contribution in [0.5, 0.6) is 5.75 Å². The number of ether oxygens (including phenoxy) is 1. The van der Waals surface area contributed by atoms with E-state index in [0.717, 1.165) is 26.0 Å². The van der Waals surface area contributed by atoms with Crippen LogP contribution in [-0.2, 0) is 12.8 Å². The van der Waals surface area contributed by atoms with Crippen LogP contribution >= 0.6 is 0 Å². The maximum absolute atomic E-state index is 6.00. The summed E-state index contributed by atoms with van der Waals surface area (Å²) in [5.41, 5.74) is 5.76. The third-order valence-electron chi connectivity index (χ3n) is 6.08. The molecule has 2 heteroatoms. The van der Waals surface area contributed by atoms with Crippen molar-refractivity contribution in [1.29, 1.82) is 0 Å². The highest BCUT2D eigenvalue weighted by Crippen LogP contribution is 2.37. The van der Waals surface area contributed by atoms with E-state index in [-0.39, 0.29) is 0 Å². The number of hydrogen-bond donors (Lipinski definition) is 1. The molecule has 2 nitrogen and oxygen atoms in total. The summed E-state index contributed by atoms with van der Waals surface area (Å²) in [6.45, 7) is 6.56. The lowest BCUT2D eigenvalue weighted by atomic mass is 9.82. The molecular weight excluding hydrogens is 318 g/mol. The molecule has 0 radical (unpaired) electrons. The first-order valence-electron chi connectivity index (χ1n) is 10.3. The van der Waals surface area contributed by atoms with Gasteiger partial charge >= 0.3 is 0 Å². The number of aryl methyl sites for hydroxylation is 1. The van der Waals surface area contributed by atoms with Crippen LogP contribution in [0.2, 0.25) is 0 Å². The van der Waals surface area contributed by atoms with E-state index in [2.05, 4.69) is 61.6 Å². The van der Waals surface area contributed by atoms with Gasteiger partial charge in [0.05, 0.1) is 6.61 Å². The minimum Gasteiger partial charge on any atom is -0.493 e. The number of piperidine rings is 1. The van der Waals surface area contributed by atoms with E-state index in [1.165, 1.54) is 47.3 Å². The van der Waals surface area contributed by atoms with E-state index in [9.17, 15) is 0 Å². The molecule has 1 fully saturated rings. The average Bonchev–Trinajstić information content (AvgIpc) is 3.16. The summed E-state index contributed by atoms with van der Waals surface area (Å²) in [7, 11) is 0. The first-order chi connectivity index (χ1) is 12.7. The maximum Gasteiger partial charge on any atom is 0.125 e. The monoisotopic (exact) mass is 349 g/mol. The van der Waals surface area contributed by atoms with Crippen molar-refractivity contribution in [2.24, 2.45) is 5.92 Å². The van der Waals surface area contributed by atoms with E-state index in [4.69, 9.17) is 4.74 Å². The van der Waals surface area contributed by atoms with Gasteiger partial charge in [-0.1, -0.05) is 56.3 Å². The molecule has 26 heavy (non-hydrogen) atoms. The Bertz CT molecular complexity index is 737. The molecule has 2 aliphatic heterocycles. The van der Waals surface area contributed by atoms with Gasteiger partial charge in [0, 0.05) is 12.5 Å². The van der Waals surface area contributed by atoms with Gasteiger partial charge in [0.2, 0.25) is 0 Å². The predicted octanol–water partition coefficient (Wildman–Crippen LogP) is 5.42. The molecule has 0 unspecified atom stereocenters. The van der Waals surface area contributed by atoms with Crippen molar-refractivity contribution in [2.45, 2.75) is 57.9 Å². The summed E-state index contributed by atoms with van der Waals surface area (Å²) in [6.07, 6.45) is 6.02. The van der Waals surface area contributed by atoms with Gasteiger partial charge in [-0.15, -0.1) is 0 Å². The van der Waals surface area contributed by atoms with Gasteiger partial charge in [-0.2, -0.15) is 0 Å². The van der Waals surface area contributed by atoms with Crippen LogP contribution in [0.25, 0.3) is 0 Å². The Morgan fingerprint density at radius 3 is 2.81 bits per heavy atom. The van der Waals surface area contributed by atoms with Gasteiger partial charge in [-0.25, -0.2) is 0 Å². The van der Waals surface area contributed by atoms with Crippen molar-refractivity contribution in [3.8, 4) is 5.75 Å². The first-order valence-corrected chi connectivity index (χ1v) is 10.3. The van der Waals surface area contributed by atoms with Gasteiger partial charge in [-0.3, -0.25) is 0 Å². The highest BCUT2D eigenvalue weighted by molar-refractivity contribution is 5.47. The summed E-state index contributed by atoms with van der Waals surface area (Å²) in [5, 5.41) is 3.77. The van der Waals surface area contributed by atoms with Crippen molar-refractivity contribution in [3.63, 3.8) is 0 Å². The van der Waals surface area contributed by atoms with E-state index in [0.29, 0.717) is 17.9 Å². The second-order valence-electron chi connectivity index (χ2n) is 8.20. The molecular formula is C24H31NO. The molecule has 0 aliphatic carbocycles. The average molecular weight is 350 g/mol. The van der Waals surface area contributed by atoms with Crippen LogP contribution in [0.15, 0.2) is 42.5 Å². The van der Waals surface area contributed by atoms with E-state index in [1.807, 2.05) is 0 Å². The molecule has 1 N–H and O–H groups in total. The standard InChI is InChI=1S/C24H31NO/c1-17(2)22-15-20(24-21(16-22)12-14-26-24)11-10-19-9-6-13-25-23(19)18-7-4-3-5-8-18/h3-5,7-8,15-17,19,23,25H,6,9-14H2,1-2H3/t19-,23+/m1/s1. The van der Waals surface area contributed by atoms with E-state index < -0.39 is 0 Å². The maximum atomic E-state index is 6.00. The van der Waals surface area contributed by atoms with Gasteiger partial charge in [0.15, 0.2) is 0 Å². The SMILES string of the molecule is CC(C)c1cc2c(c(CC[C@H]3CCCN[C@H]3c3ccccc3)c1)OCC2. The highest BCUT2D eigenvalue weighted by atomic mass is 16.5. The zero-order chi connectivity index (χ0) is 17.9. The van der Waals surface area contributed by atoms with Crippen LogP contribution in [0.3, 0.4) is 0 Å². The zero-order valence-electron chi connectivity index (χ0n) is 16.1. The van der Waals surface area contributed by atoms with Gasteiger partial charge in [0.1, 0.15) is 5.75 Å². The molecule has 0 spiro atoms. The Balaban J connectivity index is 1.53. The largest absolute Gasteiger partial charge is 0.493 e. The quantitative estimate of drug-likeness (QED) is 0.778. The minimum absolute atomic E-state index is 0.493. The molecule has 0 bridgehead atoms. The smallest absolute Gasteiger partial charge is 0.125 e. The Hall–Kier alpha value is -1.80. The number of fused-ring (bicyclic) bond motifs is 1. The molecule has 2 aromatic rings. The summed E-state index contributed by atoms with van der Waals surface area (Å²) < 4.78 is 6.00. The lowest BCUT2D eigenvalue weighted by Gasteiger charge is -2.33. The molecule has 138 valence electrons. The fourth-order valence-electron chi connectivity index (χ4n) is 4.59. The number of hydrogen-bond acceptors (Lipinski definition) is 2. The van der Waals surface area contributed by atoms with Crippen molar-refractivity contribution >= 4 is 0 Å². The van der Waals surface area contributed by atoms with Crippen molar-refractivity contribution in [2.75, 3.05) is 13.2 Å². The van der Waals surface area contributed by atoms with Crippen molar-refractivity contribution in [1.82, 2.24) is 5.32 Å². The molecule has 2 atom stereocenters. The fourth-order valence-corrected chi connectivity index (χ4v) is 4.59. The fraction of sp³-hybridized carbons (Fsp3) is 0.500. The number of benzene rings is 2. The molecule has 0 aromatic heterocycles. The number of rotatable bonds is 5. The molecule has 4 rings (SSSR count). The molecule has 2 heterocycles. The lowest BCUT2D eigenvalue weighted by Crippen LogP contribution is -2.34. The van der Waals surface area contributed by atoms with Crippen LogP contribution in [0.4, 0.5) is 0 Å². The Morgan fingerprint density at radius 2 is 2.00 bits per heavy atom. The van der Waals surface area contributed by atoms with Crippen LogP contribution < -0.4 is 10.1 Å². The third kappa shape index (κ3) is 3.66. The second-order valence-corrected chi connectivity index (χ2v) is 8.20. The normalized spacial score (nSPS) is 22.3.